The van der Waals surface area contributed by atoms with Crippen molar-refractivity contribution in [1.82, 2.24) is 29.7 Å². The number of nitrogens with one attached hydrogen (secondary N) is 1. The number of thiazole rings is 1. The van der Waals surface area contributed by atoms with Gasteiger partial charge in [-0.25, -0.2) is 4.98 Å². The van der Waals surface area contributed by atoms with Gasteiger partial charge in [-0.1, -0.05) is 11.3 Å². The second kappa shape index (κ2) is 8.09. The van der Waals surface area contributed by atoms with Crippen LogP contribution in [0.4, 0.5) is 5.13 Å². The number of anilines is 1. The Morgan fingerprint density at radius 3 is 2.94 bits per heavy atom. The van der Waals surface area contributed by atoms with Crippen molar-refractivity contribution in [1.29, 1.82) is 0 Å². The summed E-state index contributed by atoms with van der Waals surface area (Å²) in [5.74, 6) is 0.676. The maximum atomic E-state index is 12.7. The van der Waals surface area contributed by atoms with Crippen LogP contribution in [0.3, 0.4) is 0 Å². The molecule has 0 spiro atoms. The van der Waals surface area contributed by atoms with Gasteiger partial charge in [-0.05, 0) is 81.4 Å². The number of nitrogens with zero attached hydrogens (tertiary/aromatic N) is 6. The number of amides is 1. The Hall–Kier alpha value is -2.56. The number of hydrogen-bond acceptors (Lipinski definition) is 8. The van der Waals surface area contributed by atoms with Gasteiger partial charge in [-0.15, -0.1) is 10.2 Å². The van der Waals surface area contributed by atoms with Crippen molar-refractivity contribution < 1.29 is 4.79 Å². The molecular formula is C22H23N7OS2. The lowest BCUT2D eigenvalue weighted by Crippen LogP contribution is -2.38. The fraction of sp³-hybridized carbons (Fsp3) is 0.409. The lowest BCUT2D eigenvalue weighted by molar-refractivity contribution is -0.121. The van der Waals surface area contributed by atoms with E-state index in [-0.39, 0.29) is 11.8 Å². The van der Waals surface area contributed by atoms with E-state index in [0.717, 1.165) is 57.5 Å². The summed E-state index contributed by atoms with van der Waals surface area (Å²) in [6.45, 7) is 1.87. The Labute approximate surface area is 193 Å². The highest BCUT2D eigenvalue weighted by Crippen LogP contribution is 2.39. The number of carbonyl (C=O) groups is 1. The number of likely N-dealkylation sites (tertiary alicyclic amines) is 1. The molecule has 0 bridgehead atoms. The number of fused-ring (bicyclic) bond motifs is 2. The molecule has 8 nitrogen and oxygen atoms in total. The average molecular weight is 466 g/mol. The summed E-state index contributed by atoms with van der Waals surface area (Å²) in [7, 11) is 2.07. The van der Waals surface area contributed by atoms with E-state index in [1.165, 1.54) is 35.9 Å². The molecule has 2 aliphatic rings. The molecule has 6 rings (SSSR count). The van der Waals surface area contributed by atoms with Crippen molar-refractivity contribution in [2.24, 2.45) is 5.92 Å². The molecule has 1 amide bonds. The van der Waals surface area contributed by atoms with Crippen molar-refractivity contribution in [3.63, 3.8) is 0 Å². The van der Waals surface area contributed by atoms with E-state index in [1.54, 1.807) is 0 Å². The number of carbonyl (C=O) groups excluding carboxylic acids is 1. The standard InChI is InChI=1S/C22H23N7OS2/c1-28-10-2-3-14(12-28)20(30)24-21-23-17-7-6-15(11-18(17)32-21)31-22-26-25-19-9-8-16(13-4-5-13)27-29(19)22/h6-9,11,13-14H,2-5,10,12H2,1H3,(H,23,24,30). The topological polar surface area (TPSA) is 88.3 Å². The molecule has 10 heteroatoms. The Morgan fingerprint density at radius 2 is 2.09 bits per heavy atom. The molecule has 1 saturated carbocycles. The second-order valence-corrected chi connectivity index (χ2v) is 10.7. The summed E-state index contributed by atoms with van der Waals surface area (Å²) in [5, 5.41) is 17.8. The van der Waals surface area contributed by atoms with Gasteiger partial charge in [0.25, 0.3) is 0 Å². The van der Waals surface area contributed by atoms with Gasteiger partial charge in [-0.3, -0.25) is 4.79 Å². The summed E-state index contributed by atoms with van der Waals surface area (Å²) in [4.78, 5) is 20.5. The molecule has 4 aromatic rings. The highest BCUT2D eigenvalue weighted by Gasteiger charge is 2.26. The summed E-state index contributed by atoms with van der Waals surface area (Å²) in [6.07, 6.45) is 4.41. The molecule has 1 unspecified atom stereocenters. The van der Waals surface area contributed by atoms with Crippen LogP contribution in [0.5, 0.6) is 0 Å². The zero-order valence-corrected chi connectivity index (χ0v) is 19.3. The zero-order chi connectivity index (χ0) is 21.7. The van der Waals surface area contributed by atoms with Crippen LogP contribution in [0.25, 0.3) is 15.9 Å². The number of piperidine rings is 1. The van der Waals surface area contributed by atoms with E-state index in [2.05, 4.69) is 44.6 Å². The van der Waals surface area contributed by atoms with E-state index in [0.29, 0.717) is 11.0 Å². The number of hydrogen-bond donors (Lipinski definition) is 1. The highest BCUT2D eigenvalue weighted by atomic mass is 32.2. The third-order valence-corrected chi connectivity index (χ3v) is 7.91. The molecule has 32 heavy (non-hydrogen) atoms. The lowest BCUT2D eigenvalue weighted by Gasteiger charge is -2.28. The van der Waals surface area contributed by atoms with Crippen LogP contribution in [0, 0.1) is 5.92 Å². The number of rotatable bonds is 5. The maximum absolute atomic E-state index is 12.7. The molecule has 3 aromatic heterocycles. The van der Waals surface area contributed by atoms with Gasteiger partial charge in [0.15, 0.2) is 10.8 Å². The SMILES string of the molecule is CN1CCCC(C(=O)Nc2nc3ccc(Sc4nnc5ccc(C6CC6)nn45)cc3s2)C1. The first-order chi connectivity index (χ1) is 15.6. The van der Waals surface area contributed by atoms with Crippen molar-refractivity contribution >= 4 is 50.0 Å². The van der Waals surface area contributed by atoms with E-state index >= 15 is 0 Å². The lowest BCUT2D eigenvalue weighted by atomic mass is 9.98. The van der Waals surface area contributed by atoms with Crippen molar-refractivity contribution in [2.45, 2.75) is 41.7 Å². The van der Waals surface area contributed by atoms with Crippen molar-refractivity contribution in [3.05, 3.63) is 36.0 Å². The third kappa shape index (κ3) is 3.98. The zero-order valence-electron chi connectivity index (χ0n) is 17.7. The van der Waals surface area contributed by atoms with Crippen molar-refractivity contribution in [2.75, 3.05) is 25.5 Å². The molecule has 1 N–H and O–H groups in total. The maximum Gasteiger partial charge on any atom is 0.230 e. The third-order valence-electron chi connectivity index (χ3n) is 6.04. The number of aromatic nitrogens is 5. The molecule has 1 aliphatic carbocycles. The van der Waals surface area contributed by atoms with Crippen LogP contribution in [-0.2, 0) is 4.79 Å². The molecule has 1 aliphatic heterocycles. The fourth-order valence-electron chi connectivity index (χ4n) is 4.16. The summed E-state index contributed by atoms with van der Waals surface area (Å²) in [5.41, 5.74) is 2.76. The smallest absolute Gasteiger partial charge is 0.230 e. The monoisotopic (exact) mass is 465 g/mol. The Bertz CT molecular complexity index is 1310. The quantitative estimate of drug-likeness (QED) is 0.476. The van der Waals surface area contributed by atoms with Crippen LogP contribution in [-0.4, -0.2) is 55.7 Å². The number of benzene rings is 1. The average Bonchev–Trinajstić information content (AvgIpc) is 3.46. The van der Waals surface area contributed by atoms with E-state index in [4.69, 9.17) is 5.10 Å². The van der Waals surface area contributed by atoms with Crippen LogP contribution < -0.4 is 5.32 Å². The molecule has 1 saturated heterocycles. The van der Waals surface area contributed by atoms with Gasteiger partial charge in [0, 0.05) is 17.4 Å². The first kappa shape index (κ1) is 20.1. The molecule has 1 aromatic carbocycles. The predicted molar refractivity (Wildman–Crippen MR) is 125 cm³/mol. The van der Waals surface area contributed by atoms with Gasteiger partial charge >= 0.3 is 0 Å². The Kier molecular flexibility index (Phi) is 5.08. The first-order valence-electron chi connectivity index (χ1n) is 10.9. The minimum absolute atomic E-state index is 0.0288. The molecular weight excluding hydrogens is 442 g/mol. The normalized spacial score (nSPS) is 19.6. The summed E-state index contributed by atoms with van der Waals surface area (Å²) < 4.78 is 2.87. The van der Waals surface area contributed by atoms with Crippen LogP contribution >= 0.6 is 23.1 Å². The second-order valence-electron chi connectivity index (χ2n) is 8.63. The van der Waals surface area contributed by atoms with Crippen molar-refractivity contribution in [3.8, 4) is 0 Å². The van der Waals surface area contributed by atoms with Gasteiger partial charge in [-0.2, -0.15) is 9.61 Å². The van der Waals surface area contributed by atoms with Gasteiger partial charge in [0.2, 0.25) is 11.1 Å². The Morgan fingerprint density at radius 1 is 1.19 bits per heavy atom. The summed E-state index contributed by atoms with van der Waals surface area (Å²) >= 11 is 3.05. The van der Waals surface area contributed by atoms with Crippen LogP contribution in [0.15, 0.2) is 40.4 Å². The van der Waals surface area contributed by atoms with E-state index < -0.39 is 0 Å². The van der Waals surface area contributed by atoms with Crippen LogP contribution in [0.1, 0.15) is 37.3 Å². The van der Waals surface area contributed by atoms with Gasteiger partial charge in [0.1, 0.15) is 0 Å². The van der Waals surface area contributed by atoms with Gasteiger partial charge in [0.05, 0.1) is 21.8 Å². The molecule has 0 radical (unpaired) electrons. The molecule has 164 valence electrons. The minimum atomic E-state index is 0.0288. The summed E-state index contributed by atoms with van der Waals surface area (Å²) in [6, 6.07) is 10.2. The molecule has 2 fully saturated rings. The van der Waals surface area contributed by atoms with E-state index in [9.17, 15) is 4.79 Å². The fourth-order valence-corrected chi connectivity index (χ4v) is 5.97. The van der Waals surface area contributed by atoms with Gasteiger partial charge < -0.3 is 10.2 Å². The van der Waals surface area contributed by atoms with E-state index in [1.807, 2.05) is 22.7 Å². The highest BCUT2D eigenvalue weighted by molar-refractivity contribution is 7.99. The predicted octanol–water partition coefficient (Wildman–Crippen LogP) is 4.04. The first-order valence-corrected chi connectivity index (χ1v) is 12.6. The molecule has 4 heterocycles. The Balaban J connectivity index is 1.21. The van der Waals surface area contributed by atoms with Crippen LogP contribution in [0.2, 0.25) is 0 Å². The largest absolute Gasteiger partial charge is 0.306 e. The minimum Gasteiger partial charge on any atom is -0.306 e. The molecule has 1 atom stereocenters.